The van der Waals surface area contributed by atoms with Crippen LogP contribution in [0.25, 0.3) is 10.8 Å². The number of hydrogen-bond acceptors (Lipinski definition) is 4. The van der Waals surface area contributed by atoms with Crippen molar-refractivity contribution in [2.45, 2.75) is 70.3 Å². The second-order valence-corrected chi connectivity index (χ2v) is 8.25. The van der Waals surface area contributed by atoms with Crippen molar-refractivity contribution in [2.75, 3.05) is 13.1 Å². The van der Waals surface area contributed by atoms with E-state index >= 15 is 0 Å². The van der Waals surface area contributed by atoms with Crippen molar-refractivity contribution in [3.63, 3.8) is 0 Å². The third-order valence-corrected chi connectivity index (χ3v) is 6.29. The van der Waals surface area contributed by atoms with Crippen LogP contribution in [-0.4, -0.2) is 42.2 Å². The quantitative estimate of drug-likeness (QED) is 0.620. The Labute approximate surface area is 180 Å². The summed E-state index contributed by atoms with van der Waals surface area (Å²) in [5.74, 6) is -0.173. The van der Waals surface area contributed by atoms with E-state index in [9.17, 15) is 4.79 Å². The molecule has 1 aliphatic carbocycles. The Kier molecular flexibility index (Phi) is 7.55. The second kappa shape index (κ2) is 9.92. The summed E-state index contributed by atoms with van der Waals surface area (Å²) in [5.41, 5.74) is 1.27. The molecule has 1 aliphatic heterocycles. The van der Waals surface area contributed by atoms with Crippen LogP contribution in [0.4, 0.5) is 0 Å². The number of carbonyl (C=O) groups is 1. The SMILES string of the molecule is CC(=O)OC1CCN([C@@H]2CCCC[C@H]2OC(C)c2cccc3ccccc23)C1.Cl. The van der Waals surface area contributed by atoms with E-state index in [-0.39, 0.29) is 36.7 Å². The maximum atomic E-state index is 11.3. The van der Waals surface area contributed by atoms with Crippen LogP contribution >= 0.6 is 12.4 Å². The molecule has 0 spiro atoms. The highest BCUT2D eigenvalue weighted by atomic mass is 35.5. The van der Waals surface area contributed by atoms with E-state index in [0.29, 0.717) is 6.04 Å². The van der Waals surface area contributed by atoms with Crippen molar-refractivity contribution in [3.8, 4) is 0 Å². The molecule has 4 rings (SSSR count). The molecule has 0 aromatic heterocycles. The lowest BCUT2D eigenvalue weighted by Crippen LogP contribution is -2.46. The van der Waals surface area contributed by atoms with Gasteiger partial charge in [0.2, 0.25) is 0 Å². The molecule has 0 radical (unpaired) electrons. The van der Waals surface area contributed by atoms with Gasteiger partial charge in [0, 0.05) is 26.1 Å². The Morgan fingerprint density at radius 3 is 2.66 bits per heavy atom. The van der Waals surface area contributed by atoms with Crippen LogP contribution < -0.4 is 0 Å². The van der Waals surface area contributed by atoms with Gasteiger partial charge in [-0.3, -0.25) is 9.69 Å². The maximum absolute atomic E-state index is 11.3. The fourth-order valence-electron chi connectivity index (χ4n) is 4.98. The number of benzene rings is 2. The van der Waals surface area contributed by atoms with Crippen molar-refractivity contribution >= 4 is 29.1 Å². The predicted molar refractivity (Wildman–Crippen MR) is 118 cm³/mol. The zero-order valence-electron chi connectivity index (χ0n) is 17.4. The van der Waals surface area contributed by atoms with Crippen LogP contribution in [0.3, 0.4) is 0 Å². The molecule has 2 fully saturated rings. The highest BCUT2D eigenvalue weighted by Gasteiger charge is 2.37. The fraction of sp³-hybridized carbons (Fsp3) is 0.542. The number of ether oxygens (including phenoxy) is 2. The number of fused-ring (bicyclic) bond motifs is 1. The maximum Gasteiger partial charge on any atom is 0.302 e. The summed E-state index contributed by atoms with van der Waals surface area (Å²) in [5, 5.41) is 2.54. The molecule has 29 heavy (non-hydrogen) atoms. The first-order valence-corrected chi connectivity index (χ1v) is 10.7. The van der Waals surface area contributed by atoms with Crippen LogP contribution in [0.1, 0.15) is 57.6 Å². The Balaban J connectivity index is 0.00000240. The molecule has 2 unspecified atom stereocenters. The summed E-state index contributed by atoms with van der Waals surface area (Å²) < 4.78 is 12.1. The minimum atomic E-state index is -0.173. The minimum Gasteiger partial charge on any atom is -0.461 e. The van der Waals surface area contributed by atoms with Crippen LogP contribution in [0.5, 0.6) is 0 Å². The van der Waals surface area contributed by atoms with Crippen molar-refractivity contribution < 1.29 is 14.3 Å². The molecule has 2 aliphatic rings. The fourth-order valence-corrected chi connectivity index (χ4v) is 4.98. The number of esters is 1. The number of carbonyl (C=O) groups excluding carboxylic acids is 1. The molecule has 1 saturated heterocycles. The van der Waals surface area contributed by atoms with E-state index in [4.69, 9.17) is 9.47 Å². The summed E-state index contributed by atoms with van der Waals surface area (Å²) in [6.07, 6.45) is 6.01. The van der Waals surface area contributed by atoms with Gasteiger partial charge in [0.1, 0.15) is 6.10 Å². The van der Waals surface area contributed by atoms with E-state index in [1.165, 1.54) is 42.5 Å². The summed E-state index contributed by atoms with van der Waals surface area (Å²) in [6, 6.07) is 15.4. The first-order valence-electron chi connectivity index (χ1n) is 10.7. The lowest BCUT2D eigenvalue weighted by atomic mass is 9.91. The average Bonchev–Trinajstić information content (AvgIpc) is 3.15. The van der Waals surface area contributed by atoms with E-state index in [1.54, 1.807) is 0 Å². The molecule has 0 bridgehead atoms. The van der Waals surface area contributed by atoms with Crippen LogP contribution in [0, 0.1) is 0 Å². The van der Waals surface area contributed by atoms with Gasteiger partial charge in [0.25, 0.3) is 0 Å². The van der Waals surface area contributed by atoms with Crippen LogP contribution in [0.15, 0.2) is 42.5 Å². The molecule has 4 atom stereocenters. The first kappa shape index (κ1) is 22.1. The molecule has 0 amide bonds. The van der Waals surface area contributed by atoms with Gasteiger partial charge in [0.15, 0.2) is 0 Å². The molecule has 2 aromatic rings. The van der Waals surface area contributed by atoms with Crippen LogP contribution in [-0.2, 0) is 14.3 Å². The molecule has 0 N–H and O–H groups in total. The number of rotatable bonds is 5. The van der Waals surface area contributed by atoms with Gasteiger partial charge < -0.3 is 9.47 Å². The molecule has 1 saturated carbocycles. The zero-order chi connectivity index (χ0) is 19.5. The van der Waals surface area contributed by atoms with Gasteiger partial charge >= 0.3 is 5.97 Å². The smallest absolute Gasteiger partial charge is 0.302 e. The minimum absolute atomic E-state index is 0. The summed E-state index contributed by atoms with van der Waals surface area (Å²) in [6.45, 7) is 5.51. The van der Waals surface area contributed by atoms with Gasteiger partial charge in [0.05, 0.1) is 12.2 Å². The van der Waals surface area contributed by atoms with Crippen LogP contribution in [0.2, 0.25) is 0 Å². The van der Waals surface area contributed by atoms with Crippen molar-refractivity contribution in [1.29, 1.82) is 0 Å². The first-order chi connectivity index (χ1) is 13.6. The number of likely N-dealkylation sites (tertiary alicyclic amines) is 1. The highest BCUT2D eigenvalue weighted by molar-refractivity contribution is 5.86. The number of nitrogens with zero attached hydrogens (tertiary/aromatic N) is 1. The van der Waals surface area contributed by atoms with Gasteiger partial charge in [-0.25, -0.2) is 0 Å². The molecule has 2 aromatic carbocycles. The lowest BCUT2D eigenvalue weighted by Gasteiger charge is -2.39. The third-order valence-electron chi connectivity index (χ3n) is 6.29. The molecular weight excluding hydrogens is 386 g/mol. The topological polar surface area (TPSA) is 38.8 Å². The van der Waals surface area contributed by atoms with E-state index in [2.05, 4.69) is 54.3 Å². The molecular formula is C24H32ClNO3. The second-order valence-electron chi connectivity index (χ2n) is 8.25. The molecule has 4 nitrogen and oxygen atoms in total. The van der Waals surface area contributed by atoms with Crippen molar-refractivity contribution in [1.82, 2.24) is 4.90 Å². The predicted octanol–water partition coefficient (Wildman–Crippen LogP) is 5.29. The summed E-state index contributed by atoms with van der Waals surface area (Å²) in [4.78, 5) is 13.8. The third kappa shape index (κ3) is 5.11. The number of halogens is 1. The van der Waals surface area contributed by atoms with E-state index < -0.39 is 0 Å². The molecule has 1 heterocycles. The number of hydrogen-bond donors (Lipinski definition) is 0. The van der Waals surface area contributed by atoms with E-state index in [1.807, 2.05) is 0 Å². The summed E-state index contributed by atoms with van der Waals surface area (Å²) >= 11 is 0. The largest absolute Gasteiger partial charge is 0.461 e. The monoisotopic (exact) mass is 417 g/mol. The standard InChI is InChI=1S/C24H31NO3.ClH/c1-17(21-11-7-9-19-8-3-4-10-22(19)21)27-24-13-6-5-12-23(24)25-15-14-20(16-25)28-18(2)26;/h3-4,7-11,17,20,23-24H,5-6,12-16H2,1-2H3;1H/t17?,20?,23-,24-;/m1./s1. The molecule has 5 heteroatoms. The Hall–Kier alpha value is -1.62. The average molecular weight is 418 g/mol. The van der Waals surface area contributed by atoms with Gasteiger partial charge in [-0.05, 0) is 42.5 Å². The van der Waals surface area contributed by atoms with Gasteiger partial charge in [-0.1, -0.05) is 55.3 Å². The Bertz CT molecular complexity index is 821. The molecule has 158 valence electrons. The lowest BCUT2D eigenvalue weighted by molar-refractivity contribution is -0.146. The van der Waals surface area contributed by atoms with Gasteiger partial charge in [-0.15, -0.1) is 12.4 Å². The van der Waals surface area contributed by atoms with E-state index in [0.717, 1.165) is 25.9 Å². The summed E-state index contributed by atoms with van der Waals surface area (Å²) in [7, 11) is 0. The van der Waals surface area contributed by atoms with Crippen molar-refractivity contribution in [2.24, 2.45) is 0 Å². The zero-order valence-corrected chi connectivity index (χ0v) is 18.2. The van der Waals surface area contributed by atoms with Gasteiger partial charge in [-0.2, -0.15) is 0 Å². The van der Waals surface area contributed by atoms with Crippen molar-refractivity contribution in [3.05, 3.63) is 48.0 Å². The highest BCUT2D eigenvalue weighted by Crippen LogP contribution is 2.34. The Morgan fingerprint density at radius 2 is 1.83 bits per heavy atom. The normalized spacial score (nSPS) is 26.1. The Morgan fingerprint density at radius 1 is 1.07 bits per heavy atom.